The lowest BCUT2D eigenvalue weighted by Gasteiger charge is -1.98. The summed E-state index contributed by atoms with van der Waals surface area (Å²) < 4.78 is 4.81. The molecule has 0 saturated carbocycles. The normalized spacial score (nSPS) is 10.2. The number of hydrogen-bond donors (Lipinski definition) is 0. The molecule has 1 rings (SSSR count). The van der Waals surface area contributed by atoms with Crippen LogP contribution in [-0.4, -0.2) is 12.6 Å². The molecule has 15 heavy (non-hydrogen) atoms. The van der Waals surface area contributed by atoms with Crippen LogP contribution in [0.4, 0.5) is 0 Å². The number of rotatable bonds is 4. The van der Waals surface area contributed by atoms with Crippen molar-refractivity contribution in [2.24, 2.45) is 0 Å². The van der Waals surface area contributed by atoms with E-state index in [9.17, 15) is 4.79 Å². The highest BCUT2D eigenvalue weighted by Crippen LogP contribution is 2.08. The molecule has 2 heteroatoms. The Hall–Kier alpha value is -1.83. The van der Waals surface area contributed by atoms with Crippen LogP contribution in [0.5, 0.6) is 0 Å². The van der Waals surface area contributed by atoms with E-state index in [1.807, 2.05) is 31.2 Å². The molecule has 0 saturated heterocycles. The van der Waals surface area contributed by atoms with Gasteiger partial charge >= 0.3 is 5.97 Å². The highest BCUT2D eigenvalue weighted by molar-refractivity contribution is 5.87. The summed E-state index contributed by atoms with van der Waals surface area (Å²) in [6, 6.07) is 7.84. The van der Waals surface area contributed by atoms with Crippen LogP contribution in [0.1, 0.15) is 11.1 Å². The summed E-state index contributed by atoms with van der Waals surface area (Å²) >= 11 is 0. The first-order chi connectivity index (χ1) is 7.24. The Labute approximate surface area is 89.9 Å². The number of ether oxygens (including phenoxy) is 1. The van der Waals surface area contributed by atoms with Crippen molar-refractivity contribution in [3.63, 3.8) is 0 Å². The van der Waals surface area contributed by atoms with E-state index in [0.717, 1.165) is 11.1 Å². The number of carbonyl (C=O) groups is 1. The molecule has 0 bridgehead atoms. The zero-order valence-corrected chi connectivity index (χ0v) is 8.77. The van der Waals surface area contributed by atoms with Crippen molar-refractivity contribution in [3.05, 3.63) is 54.1 Å². The number of benzene rings is 1. The summed E-state index contributed by atoms with van der Waals surface area (Å²) in [5, 5.41) is 0. The van der Waals surface area contributed by atoms with Gasteiger partial charge in [0.1, 0.15) is 6.61 Å². The average molecular weight is 202 g/mol. The van der Waals surface area contributed by atoms with Crippen LogP contribution in [0.15, 0.2) is 43.0 Å². The highest BCUT2D eigenvalue weighted by Gasteiger charge is 1.95. The van der Waals surface area contributed by atoms with Crippen molar-refractivity contribution in [1.82, 2.24) is 0 Å². The Morgan fingerprint density at radius 1 is 1.47 bits per heavy atom. The van der Waals surface area contributed by atoms with Gasteiger partial charge in [0.15, 0.2) is 0 Å². The van der Waals surface area contributed by atoms with Crippen molar-refractivity contribution in [1.29, 1.82) is 0 Å². The summed E-state index contributed by atoms with van der Waals surface area (Å²) in [6.07, 6.45) is 4.71. The first-order valence-electron chi connectivity index (χ1n) is 4.75. The second kappa shape index (κ2) is 5.81. The minimum absolute atomic E-state index is 0.247. The Morgan fingerprint density at radius 3 is 2.87 bits per heavy atom. The van der Waals surface area contributed by atoms with Crippen LogP contribution in [-0.2, 0) is 9.53 Å². The molecule has 2 nitrogen and oxygen atoms in total. The molecule has 0 radical (unpaired) electrons. The fraction of sp³-hybridized carbons (Fsp3) is 0.154. The molecular formula is C13H14O2. The predicted octanol–water partition coefficient (Wildman–Crippen LogP) is 2.74. The van der Waals surface area contributed by atoms with Gasteiger partial charge in [-0.05, 0) is 24.1 Å². The van der Waals surface area contributed by atoms with E-state index in [-0.39, 0.29) is 12.6 Å². The first-order valence-corrected chi connectivity index (χ1v) is 4.75. The zero-order valence-electron chi connectivity index (χ0n) is 8.77. The second-order valence-corrected chi connectivity index (χ2v) is 3.11. The molecule has 78 valence electrons. The molecule has 0 aromatic heterocycles. The number of carbonyl (C=O) groups excluding carboxylic acids is 1. The fourth-order valence-electron chi connectivity index (χ4n) is 1.12. The molecule has 0 N–H and O–H groups in total. The van der Waals surface area contributed by atoms with Gasteiger partial charge in [0.2, 0.25) is 0 Å². The number of esters is 1. The van der Waals surface area contributed by atoms with Gasteiger partial charge in [0.05, 0.1) is 0 Å². The SMILES string of the molecule is C=CCOC(=O)C=Cc1ccccc1C. The quantitative estimate of drug-likeness (QED) is 0.426. The van der Waals surface area contributed by atoms with Crippen LogP contribution in [0.2, 0.25) is 0 Å². The molecule has 0 aliphatic heterocycles. The predicted molar refractivity (Wildman–Crippen MR) is 61.4 cm³/mol. The highest BCUT2D eigenvalue weighted by atomic mass is 16.5. The molecule has 1 aromatic rings. The van der Waals surface area contributed by atoms with Crippen molar-refractivity contribution in [2.75, 3.05) is 6.61 Å². The second-order valence-electron chi connectivity index (χ2n) is 3.11. The summed E-state index contributed by atoms with van der Waals surface area (Å²) in [5.74, 6) is -0.349. The molecule has 1 aromatic carbocycles. The Morgan fingerprint density at radius 2 is 2.20 bits per heavy atom. The molecule has 0 fully saturated rings. The van der Waals surface area contributed by atoms with E-state index < -0.39 is 0 Å². The lowest BCUT2D eigenvalue weighted by atomic mass is 10.1. The smallest absolute Gasteiger partial charge is 0.331 e. The van der Waals surface area contributed by atoms with Crippen molar-refractivity contribution in [3.8, 4) is 0 Å². The maximum absolute atomic E-state index is 11.1. The standard InChI is InChI=1S/C13H14O2/c1-3-10-15-13(14)9-8-12-7-5-4-6-11(12)2/h3-9H,1,10H2,2H3. The number of hydrogen-bond acceptors (Lipinski definition) is 2. The lowest BCUT2D eigenvalue weighted by Crippen LogP contribution is -1.99. The van der Waals surface area contributed by atoms with E-state index in [2.05, 4.69) is 6.58 Å². The van der Waals surface area contributed by atoms with E-state index in [1.165, 1.54) is 6.08 Å². The van der Waals surface area contributed by atoms with E-state index in [1.54, 1.807) is 12.2 Å². The summed E-state index contributed by atoms with van der Waals surface area (Å²) in [4.78, 5) is 11.1. The molecule has 0 spiro atoms. The third-order valence-electron chi connectivity index (χ3n) is 1.93. The van der Waals surface area contributed by atoms with Crippen molar-refractivity contribution in [2.45, 2.75) is 6.92 Å². The van der Waals surface area contributed by atoms with Crippen molar-refractivity contribution >= 4 is 12.0 Å². The Balaban J connectivity index is 2.61. The van der Waals surface area contributed by atoms with Gasteiger partial charge in [-0.25, -0.2) is 4.79 Å². The Kier molecular flexibility index (Phi) is 4.35. The lowest BCUT2D eigenvalue weighted by molar-refractivity contribution is -0.136. The first kappa shape index (κ1) is 11.2. The summed E-state index contributed by atoms with van der Waals surface area (Å²) in [7, 11) is 0. The topological polar surface area (TPSA) is 26.3 Å². The Bertz CT molecular complexity index is 378. The van der Waals surface area contributed by atoms with Crippen molar-refractivity contribution < 1.29 is 9.53 Å². The van der Waals surface area contributed by atoms with E-state index >= 15 is 0 Å². The zero-order chi connectivity index (χ0) is 11.1. The van der Waals surface area contributed by atoms with Crippen LogP contribution < -0.4 is 0 Å². The maximum atomic E-state index is 11.1. The van der Waals surface area contributed by atoms with E-state index in [0.29, 0.717) is 0 Å². The maximum Gasteiger partial charge on any atom is 0.331 e. The van der Waals surface area contributed by atoms with Crippen LogP contribution in [0.25, 0.3) is 6.08 Å². The summed E-state index contributed by atoms with van der Waals surface area (Å²) in [6.45, 7) is 5.71. The summed E-state index contributed by atoms with van der Waals surface area (Å²) in [5.41, 5.74) is 2.15. The minimum Gasteiger partial charge on any atom is -0.458 e. The third-order valence-corrected chi connectivity index (χ3v) is 1.93. The molecule has 0 atom stereocenters. The van der Waals surface area contributed by atoms with Gasteiger partial charge in [-0.1, -0.05) is 36.9 Å². The monoisotopic (exact) mass is 202 g/mol. The molecule has 0 aliphatic carbocycles. The minimum atomic E-state index is -0.349. The average Bonchev–Trinajstić information content (AvgIpc) is 2.25. The molecule has 0 amide bonds. The van der Waals surface area contributed by atoms with E-state index in [4.69, 9.17) is 4.74 Å². The van der Waals surface area contributed by atoms with Gasteiger partial charge in [-0.2, -0.15) is 0 Å². The van der Waals surface area contributed by atoms with Gasteiger partial charge < -0.3 is 4.74 Å². The fourth-order valence-corrected chi connectivity index (χ4v) is 1.12. The molecule has 0 heterocycles. The van der Waals surface area contributed by atoms with Gasteiger partial charge in [-0.15, -0.1) is 0 Å². The number of aryl methyl sites for hydroxylation is 1. The van der Waals surface area contributed by atoms with Crippen LogP contribution in [0, 0.1) is 6.92 Å². The third kappa shape index (κ3) is 3.81. The van der Waals surface area contributed by atoms with Gasteiger partial charge in [0, 0.05) is 6.08 Å². The molecule has 0 aliphatic rings. The van der Waals surface area contributed by atoms with Gasteiger partial charge in [0.25, 0.3) is 0 Å². The largest absolute Gasteiger partial charge is 0.458 e. The molecular weight excluding hydrogens is 188 g/mol. The van der Waals surface area contributed by atoms with Gasteiger partial charge in [-0.3, -0.25) is 0 Å². The van der Waals surface area contributed by atoms with Crippen LogP contribution >= 0.6 is 0 Å². The van der Waals surface area contributed by atoms with Crippen LogP contribution in [0.3, 0.4) is 0 Å². The molecule has 0 unspecified atom stereocenters.